The van der Waals surface area contributed by atoms with Crippen LogP contribution in [0.15, 0.2) is 0 Å². The Morgan fingerprint density at radius 1 is 0.857 bits per heavy atom. The first kappa shape index (κ1) is 13.9. The largest absolute Gasteiger partial charge is 0.204 e. The lowest BCUT2D eigenvalue weighted by Gasteiger charge is -2.26. The molecule has 0 atom stereocenters. The second-order valence-corrected chi connectivity index (χ2v) is 4.48. The molecule has 0 amide bonds. The molecule has 0 saturated carbocycles. The molecule has 0 rings (SSSR count). The topological polar surface area (TPSA) is 9.23 Å². The van der Waals surface area contributed by atoms with Gasteiger partial charge < -0.3 is 0 Å². The van der Waals surface area contributed by atoms with Crippen LogP contribution in [0.1, 0.15) is 52.4 Å². The molecule has 0 fully saturated rings. The fraction of sp³-hybridized carbons (Fsp3) is 1.00. The predicted octanol–water partition coefficient (Wildman–Crippen LogP) is 3.37. The van der Waals surface area contributed by atoms with Crippen molar-refractivity contribution in [2.45, 2.75) is 52.4 Å². The number of quaternary nitrogens is 1. The monoisotopic (exact) mass is 202 g/mol. The molecule has 0 unspecified atom stereocenters. The minimum absolute atomic E-state index is 0.713. The van der Waals surface area contributed by atoms with Gasteiger partial charge in [-0.1, -0.05) is 32.6 Å². The van der Waals surface area contributed by atoms with Gasteiger partial charge in [0.1, 0.15) is 13.2 Å². The van der Waals surface area contributed by atoms with Crippen LogP contribution >= 0.6 is 0 Å². The average molecular weight is 202 g/mol. The van der Waals surface area contributed by atoms with Crippen LogP contribution in [0, 0.1) is 0 Å². The summed E-state index contributed by atoms with van der Waals surface area (Å²) in [4.78, 5) is 5.59. The lowest BCUT2D eigenvalue weighted by molar-refractivity contribution is -1.08. The summed E-state index contributed by atoms with van der Waals surface area (Å²) in [6, 6.07) is 0. The zero-order chi connectivity index (χ0) is 10.9. The maximum absolute atomic E-state index is 5.59. The van der Waals surface area contributed by atoms with E-state index in [1.165, 1.54) is 38.5 Å². The van der Waals surface area contributed by atoms with Crippen molar-refractivity contribution in [3.8, 4) is 0 Å². The predicted molar refractivity (Wildman–Crippen MR) is 62.0 cm³/mol. The summed E-state index contributed by atoms with van der Waals surface area (Å²) in [5.41, 5.74) is 0. The summed E-state index contributed by atoms with van der Waals surface area (Å²) in [5, 5.41) is 0. The molecule has 0 bridgehead atoms. The first-order valence-electron chi connectivity index (χ1n) is 6.10. The summed E-state index contributed by atoms with van der Waals surface area (Å²) in [6.07, 6.45) is 8.16. The first-order chi connectivity index (χ1) is 6.62. The SMILES string of the molecule is CCCCCCCC[N+](C)(C)OCC. The van der Waals surface area contributed by atoms with Crippen molar-refractivity contribution >= 4 is 0 Å². The molecular weight excluding hydrogens is 174 g/mol. The molecule has 0 saturated heterocycles. The Kier molecular flexibility index (Phi) is 8.20. The van der Waals surface area contributed by atoms with E-state index in [0.717, 1.165) is 13.2 Å². The average Bonchev–Trinajstić information content (AvgIpc) is 2.11. The van der Waals surface area contributed by atoms with E-state index in [9.17, 15) is 0 Å². The Morgan fingerprint density at radius 2 is 1.43 bits per heavy atom. The van der Waals surface area contributed by atoms with Gasteiger partial charge in [-0.15, -0.1) is 0 Å². The quantitative estimate of drug-likeness (QED) is 0.316. The lowest BCUT2D eigenvalue weighted by Crippen LogP contribution is -2.40. The summed E-state index contributed by atoms with van der Waals surface area (Å²) < 4.78 is 0.713. The Bertz CT molecular complexity index is 123. The minimum Gasteiger partial charge on any atom is -0.204 e. The van der Waals surface area contributed by atoms with Gasteiger partial charge in [-0.3, -0.25) is 0 Å². The van der Waals surface area contributed by atoms with Gasteiger partial charge in [0, 0.05) is 0 Å². The maximum Gasteiger partial charge on any atom is 0.108 e. The van der Waals surface area contributed by atoms with E-state index in [4.69, 9.17) is 4.84 Å². The fourth-order valence-corrected chi connectivity index (χ4v) is 1.69. The Labute approximate surface area is 89.8 Å². The summed E-state index contributed by atoms with van der Waals surface area (Å²) in [6.45, 7) is 6.26. The zero-order valence-corrected chi connectivity index (χ0v) is 10.5. The smallest absolute Gasteiger partial charge is 0.108 e. The highest BCUT2D eigenvalue weighted by Crippen LogP contribution is 2.08. The second-order valence-electron chi connectivity index (χ2n) is 4.48. The van der Waals surface area contributed by atoms with E-state index in [1.54, 1.807) is 0 Å². The van der Waals surface area contributed by atoms with E-state index in [2.05, 4.69) is 27.9 Å². The molecule has 0 heterocycles. The van der Waals surface area contributed by atoms with Crippen LogP contribution in [0.4, 0.5) is 0 Å². The highest BCUT2D eigenvalue weighted by molar-refractivity contribution is 4.42. The Balaban J connectivity index is 3.26. The van der Waals surface area contributed by atoms with Gasteiger partial charge in [0.15, 0.2) is 0 Å². The fourth-order valence-electron chi connectivity index (χ4n) is 1.69. The molecule has 0 aliphatic carbocycles. The molecule has 0 aromatic rings. The molecule has 0 aliphatic rings. The van der Waals surface area contributed by atoms with Crippen LogP contribution < -0.4 is 0 Å². The lowest BCUT2D eigenvalue weighted by atomic mass is 10.1. The second kappa shape index (κ2) is 8.25. The normalized spacial score (nSPS) is 12.0. The van der Waals surface area contributed by atoms with Crippen LogP contribution in [-0.4, -0.2) is 31.9 Å². The van der Waals surface area contributed by atoms with Crippen LogP contribution in [0.5, 0.6) is 0 Å². The molecule has 2 heteroatoms. The van der Waals surface area contributed by atoms with Crippen LogP contribution in [0.3, 0.4) is 0 Å². The van der Waals surface area contributed by atoms with E-state index in [1.807, 2.05) is 0 Å². The summed E-state index contributed by atoms with van der Waals surface area (Å²) in [7, 11) is 4.27. The van der Waals surface area contributed by atoms with Crippen molar-refractivity contribution in [3.05, 3.63) is 0 Å². The molecule has 14 heavy (non-hydrogen) atoms. The Morgan fingerprint density at radius 3 is 2.00 bits per heavy atom. The maximum atomic E-state index is 5.59. The van der Waals surface area contributed by atoms with E-state index >= 15 is 0 Å². The number of hydrogen-bond acceptors (Lipinski definition) is 1. The number of unbranched alkanes of at least 4 members (excludes halogenated alkanes) is 5. The van der Waals surface area contributed by atoms with E-state index in [-0.39, 0.29) is 0 Å². The van der Waals surface area contributed by atoms with Crippen molar-refractivity contribution in [1.29, 1.82) is 0 Å². The molecule has 0 aromatic carbocycles. The van der Waals surface area contributed by atoms with Crippen molar-refractivity contribution in [1.82, 2.24) is 0 Å². The molecule has 2 nitrogen and oxygen atoms in total. The molecule has 0 N–H and O–H groups in total. The summed E-state index contributed by atoms with van der Waals surface area (Å²) in [5.74, 6) is 0. The van der Waals surface area contributed by atoms with Gasteiger partial charge in [-0.2, -0.15) is 4.65 Å². The van der Waals surface area contributed by atoms with Gasteiger partial charge >= 0.3 is 0 Å². The molecule has 0 aliphatic heterocycles. The van der Waals surface area contributed by atoms with Crippen LogP contribution in [-0.2, 0) is 4.84 Å². The minimum atomic E-state index is 0.713. The third-order valence-corrected chi connectivity index (χ3v) is 2.53. The third kappa shape index (κ3) is 8.52. The van der Waals surface area contributed by atoms with Crippen molar-refractivity contribution in [3.63, 3.8) is 0 Å². The molecular formula is C12H28NO+. The first-order valence-corrected chi connectivity index (χ1v) is 6.10. The molecule has 0 aromatic heterocycles. The number of nitrogens with zero attached hydrogens (tertiary/aromatic N) is 1. The highest BCUT2D eigenvalue weighted by atomic mass is 16.7. The van der Waals surface area contributed by atoms with Gasteiger partial charge in [0.2, 0.25) is 0 Å². The number of hydroxylamine groups is 3. The number of hydrogen-bond donors (Lipinski definition) is 0. The molecule has 0 radical (unpaired) electrons. The van der Waals surface area contributed by atoms with Gasteiger partial charge in [0.05, 0.1) is 14.1 Å². The highest BCUT2D eigenvalue weighted by Gasteiger charge is 2.14. The van der Waals surface area contributed by atoms with Crippen LogP contribution in [0.2, 0.25) is 0 Å². The molecule has 86 valence electrons. The van der Waals surface area contributed by atoms with Gasteiger partial charge in [-0.05, 0) is 19.8 Å². The van der Waals surface area contributed by atoms with Crippen molar-refractivity contribution in [2.75, 3.05) is 27.2 Å². The van der Waals surface area contributed by atoms with Gasteiger partial charge in [-0.25, -0.2) is 4.84 Å². The van der Waals surface area contributed by atoms with Crippen LogP contribution in [0.25, 0.3) is 0 Å². The van der Waals surface area contributed by atoms with E-state index in [0.29, 0.717) is 4.65 Å². The van der Waals surface area contributed by atoms with E-state index < -0.39 is 0 Å². The number of rotatable bonds is 9. The standard InChI is InChI=1S/C12H28NO/c1-5-7-8-9-10-11-12-13(3,4)14-6-2/h5-12H2,1-4H3/q+1. The Hall–Kier alpha value is -0.0800. The zero-order valence-electron chi connectivity index (χ0n) is 10.5. The summed E-state index contributed by atoms with van der Waals surface area (Å²) >= 11 is 0. The molecule has 0 spiro atoms. The van der Waals surface area contributed by atoms with Gasteiger partial charge in [0.25, 0.3) is 0 Å². The van der Waals surface area contributed by atoms with Crippen molar-refractivity contribution in [2.24, 2.45) is 0 Å². The third-order valence-electron chi connectivity index (χ3n) is 2.53. The van der Waals surface area contributed by atoms with Crippen molar-refractivity contribution < 1.29 is 9.48 Å².